The molecule has 2 atom stereocenters. The van der Waals surface area contributed by atoms with Crippen LogP contribution in [0.5, 0.6) is 11.5 Å². The first-order chi connectivity index (χ1) is 18.1. The Morgan fingerprint density at radius 3 is 1.87 bits per heavy atom. The molecule has 0 heterocycles. The van der Waals surface area contributed by atoms with E-state index >= 15 is 0 Å². The van der Waals surface area contributed by atoms with E-state index in [1.165, 1.54) is 5.57 Å². The Balaban J connectivity index is 2.55. The lowest BCUT2D eigenvalue weighted by Gasteiger charge is -2.33. The molecule has 1 aromatic rings. The van der Waals surface area contributed by atoms with Crippen molar-refractivity contribution in [1.82, 2.24) is 0 Å². The Labute approximate surface area is 236 Å². The summed E-state index contributed by atoms with van der Waals surface area (Å²) in [5.74, 6) is 0.722. The number of hydrogen-bond donors (Lipinski definition) is 0. The van der Waals surface area contributed by atoms with Crippen molar-refractivity contribution in [2.24, 2.45) is 16.7 Å². The summed E-state index contributed by atoms with van der Waals surface area (Å²) in [4.78, 5) is 24.8. The van der Waals surface area contributed by atoms with Gasteiger partial charge in [0, 0.05) is 11.5 Å². The summed E-state index contributed by atoms with van der Waals surface area (Å²) in [5.41, 5.74) is 3.04. The van der Waals surface area contributed by atoms with Crippen molar-refractivity contribution in [2.45, 2.75) is 107 Å². The van der Waals surface area contributed by atoms with Crippen LogP contribution in [0.25, 0.3) is 0 Å². The van der Waals surface area contributed by atoms with Gasteiger partial charge in [0.25, 0.3) is 0 Å². The minimum Gasteiger partial charge on any atom is -0.457 e. The van der Waals surface area contributed by atoms with Gasteiger partial charge in [-0.3, -0.25) is 9.59 Å². The Morgan fingerprint density at radius 2 is 1.44 bits per heavy atom. The maximum atomic E-state index is 12.4. The first-order valence-corrected chi connectivity index (χ1v) is 14.2. The Hall–Kier alpha value is -2.76. The first kappa shape index (κ1) is 32.5. The van der Waals surface area contributed by atoms with Crippen molar-refractivity contribution in [1.29, 1.82) is 0 Å². The molecule has 0 N–H and O–H groups in total. The van der Waals surface area contributed by atoms with Gasteiger partial charge >= 0.3 is 11.9 Å². The molecule has 1 unspecified atom stereocenters. The standard InChI is InChI=1S/C33H50O6/c1-11-12-13-14-24-18-27(36-20-38-30(34)32(5,6)7)29(26-17-23(4)15-16-25(26)22(2)3)28(19-24)37-21-39-31(35)33(8,9)10/h17-19,25-26H,2,11-16,20-21H2,1,3-10H3/t25?,26-/m1/s1. The number of allylic oxidation sites excluding steroid dienone is 3. The maximum absolute atomic E-state index is 12.4. The maximum Gasteiger partial charge on any atom is 0.314 e. The van der Waals surface area contributed by atoms with Crippen LogP contribution >= 0.6 is 0 Å². The molecule has 1 aliphatic rings. The highest BCUT2D eigenvalue weighted by molar-refractivity contribution is 5.75. The highest BCUT2D eigenvalue weighted by Crippen LogP contribution is 2.47. The Morgan fingerprint density at radius 1 is 0.923 bits per heavy atom. The van der Waals surface area contributed by atoms with Crippen LogP contribution in [0.4, 0.5) is 0 Å². The lowest BCUT2D eigenvalue weighted by Crippen LogP contribution is -2.26. The average Bonchev–Trinajstić information content (AvgIpc) is 2.82. The number of carbonyl (C=O) groups is 2. The molecule has 0 saturated heterocycles. The topological polar surface area (TPSA) is 71.1 Å². The third kappa shape index (κ3) is 9.74. The predicted octanol–water partition coefficient (Wildman–Crippen LogP) is 8.29. The molecule has 0 amide bonds. The highest BCUT2D eigenvalue weighted by Gasteiger charge is 2.32. The first-order valence-electron chi connectivity index (χ1n) is 14.2. The molecule has 6 nitrogen and oxygen atoms in total. The summed E-state index contributed by atoms with van der Waals surface area (Å²) in [7, 11) is 0. The van der Waals surface area contributed by atoms with Crippen LogP contribution in [0.2, 0.25) is 0 Å². The molecule has 0 fully saturated rings. The molecule has 1 aliphatic carbocycles. The monoisotopic (exact) mass is 542 g/mol. The Bertz CT molecular complexity index is 984. The molecule has 0 saturated carbocycles. The van der Waals surface area contributed by atoms with E-state index in [1.807, 2.05) is 53.7 Å². The van der Waals surface area contributed by atoms with Gasteiger partial charge in [-0.15, -0.1) is 0 Å². The summed E-state index contributed by atoms with van der Waals surface area (Å²) in [6.07, 6.45) is 8.35. The second kappa shape index (κ2) is 14.0. The molecule has 6 heteroatoms. The molecule has 0 radical (unpaired) electrons. The van der Waals surface area contributed by atoms with E-state index in [1.54, 1.807) is 0 Å². The van der Waals surface area contributed by atoms with Gasteiger partial charge in [0.1, 0.15) is 11.5 Å². The molecule has 39 heavy (non-hydrogen) atoms. The van der Waals surface area contributed by atoms with E-state index in [2.05, 4.69) is 33.4 Å². The van der Waals surface area contributed by atoms with Gasteiger partial charge in [-0.05, 0) is 105 Å². The van der Waals surface area contributed by atoms with Crippen LogP contribution in [0.3, 0.4) is 0 Å². The quantitative estimate of drug-likeness (QED) is 0.115. The zero-order chi connectivity index (χ0) is 29.4. The number of ether oxygens (including phenoxy) is 4. The van der Waals surface area contributed by atoms with E-state index in [4.69, 9.17) is 18.9 Å². The summed E-state index contributed by atoms with van der Waals surface area (Å²) in [5, 5.41) is 0. The van der Waals surface area contributed by atoms with E-state index in [9.17, 15) is 9.59 Å². The molecule has 1 aromatic carbocycles. The third-order valence-corrected chi connectivity index (χ3v) is 6.98. The lowest BCUT2D eigenvalue weighted by molar-refractivity contribution is -0.160. The fourth-order valence-corrected chi connectivity index (χ4v) is 4.58. The number of aryl methyl sites for hydroxylation is 1. The Kier molecular flexibility index (Phi) is 11.7. The van der Waals surface area contributed by atoms with Crippen LogP contribution < -0.4 is 9.47 Å². The molecule has 0 aliphatic heterocycles. The van der Waals surface area contributed by atoms with Gasteiger partial charge < -0.3 is 18.9 Å². The number of hydrogen-bond acceptors (Lipinski definition) is 6. The van der Waals surface area contributed by atoms with Crippen LogP contribution in [0.15, 0.2) is 35.9 Å². The third-order valence-electron chi connectivity index (χ3n) is 6.98. The van der Waals surface area contributed by atoms with Gasteiger partial charge in [0.05, 0.1) is 10.8 Å². The van der Waals surface area contributed by atoms with Gasteiger partial charge in [-0.2, -0.15) is 0 Å². The summed E-state index contributed by atoms with van der Waals surface area (Å²) >= 11 is 0. The van der Waals surface area contributed by atoms with E-state index in [-0.39, 0.29) is 37.4 Å². The fraction of sp³-hybridized carbons (Fsp3) is 0.636. The number of esters is 2. The molecule has 0 aromatic heterocycles. The minimum atomic E-state index is -0.631. The lowest BCUT2D eigenvalue weighted by atomic mass is 9.73. The van der Waals surface area contributed by atoms with Crippen LogP contribution in [-0.4, -0.2) is 25.5 Å². The van der Waals surface area contributed by atoms with Gasteiger partial charge in [-0.25, -0.2) is 0 Å². The highest BCUT2D eigenvalue weighted by atomic mass is 16.7. The largest absolute Gasteiger partial charge is 0.457 e. The van der Waals surface area contributed by atoms with Crippen molar-refractivity contribution in [3.63, 3.8) is 0 Å². The number of benzene rings is 1. The van der Waals surface area contributed by atoms with Crippen LogP contribution in [-0.2, 0) is 25.5 Å². The predicted molar refractivity (Wildman–Crippen MR) is 156 cm³/mol. The molecular weight excluding hydrogens is 492 g/mol. The van der Waals surface area contributed by atoms with E-state index in [0.717, 1.165) is 55.2 Å². The molecule has 0 spiro atoms. The second-order valence-electron chi connectivity index (χ2n) is 12.9. The summed E-state index contributed by atoms with van der Waals surface area (Å²) in [6, 6.07) is 4.08. The van der Waals surface area contributed by atoms with Gasteiger partial charge in [-0.1, -0.05) is 43.6 Å². The number of unbranched alkanes of at least 4 members (excludes halogenated alkanes) is 2. The summed E-state index contributed by atoms with van der Waals surface area (Å²) < 4.78 is 23.3. The summed E-state index contributed by atoms with van der Waals surface area (Å²) in [6.45, 7) is 21.1. The van der Waals surface area contributed by atoms with Gasteiger partial charge in [0.2, 0.25) is 13.6 Å². The van der Waals surface area contributed by atoms with Crippen molar-refractivity contribution < 1.29 is 28.5 Å². The SMILES string of the molecule is C=C(C)C1CCC(C)=C[C@H]1c1c(OCOC(=O)C(C)(C)C)cc(CCCCC)cc1OCOC(=O)C(C)(C)C. The van der Waals surface area contributed by atoms with Crippen molar-refractivity contribution in [2.75, 3.05) is 13.6 Å². The second-order valence-corrected chi connectivity index (χ2v) is 12.9. The van der Waals surface area contributed by atoms with Crippen LogP contribution in [0, 0.1) is 16.7 Å². The smallest absolute Gasteiger partial charge is 0.314 e. The van der Waals surface area contributed by atoms with E-state index < -0.39 is 10.8 Å². The van der Waals surface area contributed by atoms with Crippen molar-refractivity contribution >= 4 is 11.9 Å². The minimum absolute atomic E-state index is 0.0393. The van der Waals surface area contributed by atoms with Crippen LogP contribution in [0.1, 0.15) is 111 Å². The zero-order valence-electron chi connectivity index (χ0n) is 25.7. The fourth-order valence-electron chi connectivity index (χ4n) is 4.58. The number of carbonyl (C=O) groups excluding carboxylic acids is 2. The molecule has 0 bridgehead atoms. The van der Waals surface area contributed by atoms with E-state index in [0.29, 0.717) is 11.5 Å². The van der Waals surface area contributed by atoms with Gasteiger partial charge in [0.15, 0.2) is 0 Å². The molecule has 2 rings (SSSR count). The number of rotatable bonds is 12. The average molecular weight is 543 g/mol. The zero-order valence-corrected chi connectivity index (χ0v) is 25.7. The van der Waals surface area contributed by atoms with Crippen molar-refractivity contribution in [3.05, 3.63) is 47.1 Å². The molecular formula is C33H50O6. The normalized spacial score (nSPS) is 17.7. The molecule has 218 valence electrons. The van der Waals surface area contributed by atoms with Crippen molar-refractivity contribution in [3.8, 4) is 11.5 Å².